The van der Waals surface area contributed by atoms with Crippen LogP contribution in [0.25, 0.3) is 4.83 Å². The molecule has 2 heterocycles. The fraction of sp³-hybridized carbons (Fsp3) is 0. The van der Waals surface area contributed by atoms with E-state index < -0.39 is 0 Å². The quantitative estimate of drug-likeness (QED) is 0.443. The van der Waals surface area contributed by atoms with Gasteiger partial charge in [0, 0.05) is 23.3 Å². The molecule has 2 nitrogen and oxygen atoms in total. The van der Waals surface area contributed by atoms with Crippen LogP contribution >= 0.6 is 11.3 Å². The molecule has 0 fully saturated rings. The van der Waals surface area contributed by atoms with E-state index in [0.29, 0.717) is 11.0 Å². The number of nitrogens with zero attached hydrogens (tertiary/aromatic N) is 1. The molecule has 2 rings (SSSR count). The summed E-state index contributed by atoms with van der Waals surface area (Å²) in [5.41, 5.74) is 1.15. The minimum Gasteiger partial charge on any atom is -0.315 e. The minimum absolute atomic E-state index is 0.548. The number of rotatable bonds is 1. The second-order valence-corrected chi connectivity index (χ2v) is 3.13. The predicted octanol–water partition coefficient (Wildman–Crippen LogP) is 0.607. The average Bonchev–Trinajstić information content (AvgIpc) is 2.46. The second-order valence-electron chi connectivity index (χ2n) is 2.23. The zero-order valence-corrected chi connectivity index (χ0v) is 6.47. The Bertz CT molecular complexity index is 403. The number of thiazole rings is 1. The smallest absolute Gasteiger partial charge is 0.152 e. The number of hydrogen-bond donors (Lipinski definition) is 0. The summed E-state index contributed by atoms with van der Waals surface area (Å²) in [6, 6.07) is 0. The van der Waals surface area contributed by atoms with Gasteiger partial charge in [-0.1, -0.05) is 5.46 Å². The van der Waals surface area contributed by atoms with E-state index in [1.165, 1.54) is 11.3 Å². The molecular formula is C7H4BNOS. The summed E-state index contributed by atoms with van der Waals surface area (Å²) in [7, 11) is 5.56. The molecule has 0 saturated carbocycles. The third-order valence-corrected chi connectivity index (χ3v) is 2.48. The van der Waals surface area contributed by atoms with E-state index in [9.17, 15) is 4.79 Å². The van der Waals surface area contributed by atoms with Crippen molar-refractivity contribution in [2.24, 2.45) is 0 Å². The van der Waals surface area contributed by atoms with Crippen molar-refractivity contribution in [2.75, 3.05) is 0 Å². The number of carbonyl (C=O) groups is 1. The number of carbonyl (C=O) groups excluding carboxylic acids is 1. The van der Waals surface area contributed by atoms with Crippen molar-refractivity contribution in [1.29, 1.82) is 0 Å². The van der Waals surface area contributed by atoms with E-state index in [2.05, 4.69) is 0 Å². The first-order valence-electron chi connectivity index (χ1n) is 3.11. The Balaban J connectivity index is 2.90. The van der Waals surface area contributed by atoms with E-state index in [4.69, 9.17) is 7.85 Å². The summed E-state index contributed by atoms with van der Waals surface area (Å²) >= 11 is 1.51. The molecular weight excluding hydrogens is 157 g/mol. The zero-order valence-electron chi connectivity index (χ0n) is 5.65. The van der Waals surface area contributed by atoms with Gasteiger partial charge in [-0.2, -0.15) is 0 Å². The lowest BCUT2D eigenvalue weighted by molar-refractivity contribution is 0.112. The Morgan fingerprint density at radius 1 is 1.64 bits per heavy atom. The zero-order chi connectivity index (χ0) is 7.84. The van der Waals surface area contributed by atoms with Gasteiger partial charge in [0.1, 0.15) is 12.7 Å². The van der Waals surface area contributed by atoms with Gasteiger partial charge in [-0.05, 0) is 0 Å². The minimum atomic E-state index is 0.548. The maximum absolute atomic E-state index is 10.5. The summed E-state index contributed by atoms with van der Waals surface area (Å²) in [5.74, 6) is 0. The van der Waals surface area contributed by atoms with Crippen LogP contribution in [0.2, 0.25) is 0 Å². The Morgan fingerprint density at radius 2 is 2.45 bits per heavy atom. The van der Waals surface area contributed by atoms with E-state index >= 15 is 0 Å². The molecule has 4 heteroatoms. The number of hydrogen-bond acceptors (Lipinski definition) is 2. The largest absolute Gasteiger partial charge is 0.315 e. The Morgan fingerprint density at radius 3 is 3.18 bits per heavy atom. The lowest BCUT2D eigenvalue weighted by Gasteiger charge is -1.82. The van der Waals surface area contributed by atoms with Gasteiger partial charge >= 0.3 is 0 Å². The molecule has 0 aliphatic rings. The summed E-state index contributed by atoms with van der Waals surface area (Å²) in [6.45, 7) is 0. The molecule has 0 atom stereocenters. The molecule has 0 saturated heterocycles. The van der Waals surface area contributed by atoms with Crippen LogP contribution in [-0.2, 0) is 0 Å². The molecule has 0 aliphatic carbocycles. The van der Waals surface area contributed by atoms with Crippen molar-refractivity contribution in [3.05, 3.63) is 23.3 Å². The van der Waals surface area contributed by atoms with Crippen molar-refractivity contribution in [2.45, 2.75) is 0 Å². The molecule has 0 N–H and O–H groups in total. The average molecular weight is 161 g/mol. The molecule has 0 aromatic carbocycles. The second kappa shape index (κ2) is 2.24. The molecule has 2 radical (unpaired) electrons. The number of aldehydes is 1. The van der Waals surface area contributed by atoms with Crippen LogP contribution in [0.4, 0.5) is 0 Å². The molecule has 11 heavy (non-hydrogen) atoms. The molecule has 0 unspecified atom stereocenters. The fourth-order valence-corrected chi connectivity index (χ4v) is 1.90. The summed E-state index contributed by atoms with van der Waals surface area (Å²) in [4.78, 5) is 11.4. The van der Waals surface area contributed by atoms with Crippen molar-refractivity contribution in [3.63, 3.8) is 0 Å². The molecule has 0 amide bonds. The first kappa shape index (κ1) is 6.67. The van der Waals surface area contributed by atoms with Crippen LogP contribution in [0.5, 0.6) is 0 Å². The lowest BCUT2D eigenvalue weighted by Crippen LogP contribution is -2.03. The maximum Gasteiger partial charge on any atom is 0.152 e. The SMILES string of the molecule is [B]c1cn2ccsc2c1C=O. The highest BCUT2D eigenvalue weighted by Crippen LogP contribution is 2.14. The van der Waals surface area contributed by atoms with Gasteiger partial charge < -0.3 is 4.40 Å². The molecule has 52 valence electrons. The lowest BCUT2D eigenvalue weighted by atomic mass is 9.96. The highest BCUT2D eigenvalue weighted by Gasteiger charge is 2.05. The van der Waals surface area contributed by atoms with Gasteiger partial charge in [0.15, 0.2) is 6.29 Å². The number of fused-ring (bicyclic) bond motifs is 1. The van der Waals surface area contributed by atoms with Gasteiger partial charge in [0.2, 0.25) is 0 Å². The first-order chi connectivity index (χ1) is 5.33. The molecule has 0 bridgehead atoms. The first-order valence-corrected chi connectivity index (χ1v) is 3.99. The van der Waals surface area contributed by atoms with Gasteiger partial charge in [-0.25, -0.2) is 0 Å². The summed E-state index contributed by atoms with van der Waals surface area (Å²) in [6.07, 6.45) is 4.42. The third-order valence-electron chi connectivity index (χ3n) is 1.57. The van der Waals surface area contributed by atoms with E-state index in [1.54, 1.807) is 6.20 Å². The van der Waals surface area contributed by atoms with Crippen LogP contribution in [0.15, 0.2) is 17.8 Å². The van der Waals surface area contributed by atoms with Crippen molar-refractivity contribution in [3.8, 4) is 0 Å². The van der Waals surface area contributed by atoms with Crippen molar-refractivity contribution < 1.29 is 4.79 Å². The third kappa shape index (κ3) is 0.827. The topological polar surface area (TPSA) is 21.5 Å². The summed E-state index contributed by atoms with van der Waals surface area (Å²) in [5, 5.41) is 1.92. The van der Waals surface area contributed by atoms with Gasteiger partial charge in [-0.15, -0.1) is 11.3 Å². The van der Waals surface area contributed by atoms with Crippen LogP contribution < -0.4 is 5.46 Å². The van der Waals surface area contributed by atoms with E-state index in [-0.39, 0.29) is 0 Å². The van der Waals surface area contributed by atoms with Crippen molar-refractivity contribution >= 4 is 35.8 Å². The normalized spacial score (nSPS) is 10.5. The number of aromatic nitrogens is 1. The van der Waals surface area contributed by atoms with Crippen molar-refractivity contribution in [1.82, 2.24) is 4.40 Å². The van der Waals surface area contributed by atoms with Crippen LogP contribution in [0.1, 0.15) is 10.4 Å². The monoisotopic (exact) mass is 161 g/mol. The highest BCUT2D eigenvalue weighted by molar-refractivity contribution is 7.16. The Hall–Kier alpha value is -1.03. The standard InChI is InChI=1S/C7H4BNOS/c8-6-3-9-1-2-11-7(9)5(6)4-10/h1-4H. The Kier molecular flexibility index (Phi) is 1.36. The van der Waals surface area contributed by atoms with Crippen LogP contribution in [-0.4, -0.2) is 18.5 Å². The van der Waals surface area contributed by atoms with Crippen LogP contribution in [0.3, 0.4) is 0 Å². The van der Waals surface area contributed by atoms with Gasteiger partial charge in [0.05, 0.1) is 0 Å². The van der Waals surface area contributed by atoms with Gasteiger partial charge in [-0.3, -0.25) is 4.79 Å². The molecule has 0 aliphatic heterocycles. The Labute approximate surface area is 68.9 Å². The predicted molar refractivity (Wildman–Crippen MR) is 46.0 cm³/mol. The van der Waals surface area contributed by atoms with Crippen LogP contribution in [0, 0.1) is 0 Å². The summed E-state index contributed by atoms with van der Waals surface area (Å²) < 4.78 is 1.85. The van der Waals surface area contributed by atoms with E-state index in [1.807, 2.05) is 16.0 Å². The molecule has 0 spiro atoms. The molecule has 2 aromatic rings. The fourth-order valence-electron chi connectivity index (χ4n) is 1.05. The highest BCUT2D eigenvalue weighted by atomic mass is 32.1. The molecule has 2 aromatic heterocycles. The van der Waals surface area contributed by atoms with E-state index in [0.717, 1.165) is 11.1 Å². The van der Waals surface area contributed by atoms with Gasteiger partial charge in [0.25, 0.3) is 0 Å². The maximum atomic E-state index is 10.5.